The summed E-state index contributed by atoms with van der Waals surface area (Å²) >= 11 is 0. The summed E-state index contributed by atoms with van der Waals surface area (Å²) in [6, 6.07) is 0. The summed E-state index contributed by atoms with van der Waals surface area (Å²) in [6.45, 7) is 2.87. The van der Waals surface area contributed by atoms with Crippen LogP contribution in [0.15, 0.2) is 11.8 Å². The van der Waals surface area contributed by atoms with E-state index in [1.165, 1.54) is 31.4 Å². The molecule has 1 nitrogen and oxygen atoms in total. The third-order valence-corrected chi connectivity index (χ3v) is 1.83. The first-order valence-electron chi connectivity index (χ1n) is 4.25. The minimum Gasteiger partial charge on any atom is -0.499 e. The average molecular weight is 140 g/mol. The Kier molecular flexibility index (Phi) is 3.34. The smallest absolute Gasteiger partial charge is 0.0919 e. The molecule has 0 aromatic rings. The van der Waals surface area contributed by atoms with Gasteiger partial charge >= 0.3 is 0 Å². The highest BCUT2D eigenvalue weighted by molar-refractivity contribution is 4.94. The van der Waals surface area contributed by atoms with Crippen LogP contribution in [0.3, 0.4) is 0 Å². The molecule has 0 radical (unpaired) electrons. The van der Waals surface area contributed by atoms with Crippen LogP contribution in [0.2, 0.25) is 0 Å². The van der Waals surface area contributed by atoms with Crippen molar-refractivity contribution in [2.24, 2.45) is 0 Å². The van der Waals surface area contributed by atoms with Crippen LogP contribution in [0.5, 0.6) is 0 Å². The van der Waals surface area contributed by atoms with Gasteiger partial charge in [-0.1, -0.05) is 6.42 Å². The van der Waals surface area contributed by atoms with Crippen molar-refractivity contribution in [3.8, 4) is 0 Å². The van der Waals surface area contributed by atoms with Gasteiger partial charge in [-0.3, -0.25) is 0 Å². The monoisotopic (exact) mass is 140 g/mol. The van der Waals surface area contributed by atoms with E-state index in [0.29, 0.717) is 0 Å². The Hall–Kier alpha value is -0.460. The SMILES string of the molecule is CCOC1=CCCCCC1. The molecule has 0 bridgehead atoms. The summed E-state index contributed by atoms with van der Waals surface area (Å²) in [5.74, 6) is 1.22. The standard InChI is InChI=1S/C9H16O/c1-2-10-9-7-5-3-4-6-8-9/h7H,2-6,8H2,1H3. The second-order valence-corrected chi connectivity index (χ2v) is 2.70. The molecule has 0 aliphatic heterocycles. The molecule has 0 aromatic heterocycles. The van der Waals surface area contributed by atoms with Crippen molar-refractivity contribution < 1.29 is 4.74 Å². The van der Waals surface area contributed by atoms with E-state index in [0.717, 1.165) is 13.0 Å². The Morgan fingerprint density at radius 2 is 2.30 bits per heavy atom. The first-order chi connectivity index (χ1) is 4.93. The van der Waals surface area contributed by atoms with Crippen LogP contribution in [0.4, 0.5) is 0 Å². The highest BCUT2D eigenvalue weighted by atomic mass is 16.5. The van der Waals surface area contributed by atoms with Crippen molar-refractivity contribution in [1.82, 2.24) is 0 Å². The van der Waals surface area contributed by atoms with Crippen LogP contribution in [0.25, 0.3) is 0 Å². The van der Waals surface area contributed by atoms with Gasteiger partial charge in [0, 0.05) is 6.42 Å². The lowest BCUT2D eigenvalue weighted by molar-refractivity contribution is 0.217. The summed E-state index contributed by atoms with van der Waals surface area (Å²) in [5.41, 5.74) is 0. The third kappa shape index (κ3) is 2.42. The van der Waals surface area contributed by atoms with Crippen LogP contribution >= 0.6 is 0 Å². The molecule has 0 N–H and O–H groups in total. The summed E-state index contributed by atoms with van der Waals surface area (Å²) in [6.07, 6.45) is 8.65. The minimum absolute atomic E-state index is 0.825. The highest BCUT2D eigenvalue weighted by Crippen LogP contribution is 2.17. The van der Waals surface area contributed by atoms with E-state index in [-0.39, 0.29) is 0 Å². The number of rotatable bonds is 2. The fourth-order valence-electron chi connectivity index (χ4n) is 1.30. The first kappa shape index (κ1) is 7.64. The Bertz CT molecular complexity index is 116. The predicted molar refractivity (Wildman–Crippen MR) is 42.8 cm³/mol. The lowest BCUT2D eigenvalue weighted by Gasteiger charge is -2.04. The molecule has 1 aliphatic carbocycles. The van der Waals surface area contributed by atoms with E-state index in [9.17, 15) is 0 Å². The van der Waals surface area contributed by atoms with E-state index in [4.69, 9.17) is 4.74 Å². The molecule has 0 heterocycles. The maximum atomic E-state index is 5.42. The zero-order valence-corrected chi connectivity index (χ0v) is 6.73. The van der Waals surface area contributed by atoms with E-state index in [1.807, 2.05) is 6.92 Å². The molecule has 0 amide bonds. The van der Waals surface area contributed by atoms with E-state index >= 15 is 0 Å². The minimum atomic E-state index is 0.825. The zero-order chi connectivity index (χ0) is 7.23. The van der Waals surface area contributed by atoms with E-state index in [1.54, 1.807) is 0 Å². The predicted octanol–water partition coefficient (Wildman–Crippen LogP) is 2.87. The summed E-state index contributed by atoms with van der Waals surface area (Å²) in [5, 5.41) is 0. The molecular formula is C9H16O. The van der Waals surface area contributed by atoms with Crippen molar-refractivity contribution in [3.05, 3.63) is 11.8 Å². The molecule has 58 valence electrons. The van der Waals surface area contributed by atoms with Crippen molar-refractivity contribution in [2.45, 2.75) is 39.0 Å². The fraction of sp³-hybridized carbons (Fsp3) is 0.778. The fourth-order valence-corrected chi connectivity index (χ4v) is 1.30. The Morgan fingerprint density at radius 1 is 1.40 bits per heavy atom. The normalized spacial score (nSPS) is 19.5. The summed E-state index contributed by atoms with van der Waals surface area (Å²) < 4.78 is 5.42. The van der Waals surface area contributed by atoms with Gasteiger partial charge in [0.15, 0.2) is 0 Å². The number of ether oxygens (including phenoxy) is 1. The second kappa shape index (κ2) is 4.37. The maximum Gasteiger partial charge on any atom is 0.0919 e. The van der Waals surface area contributed by atoms with Gasteiger partial charge in [-0.2, -0.15) is 0 Å². The van der Waals surface area contributed by atoms with Crippen molar-refractivity contribution in [1.29, 1.82) is 0 Å². The van der Waals surface area contributed by atoms with Gasteiger partial charge in [0.25, 0.3) is 0 Å². The summed E-state index contributed by atoms with van der Waals surface area (Å²) in [4.78, 5) is 0. The molecule has 0 fully saturated rings. The number of hydrogen-bond donors (Lipinski definition) is 0. The molecule has 1 rings (SSSR count). The lowest BCUT2D eigenvalue weighted by Crippen LogP contribution is -1.89. The van der Waals surface area contributed by atoms with Crippen molar-refractivity contribution >= 4 is 0 Å². The van der Waals surface area contributed by atoms with E-state index in [2.05, 4.69) is 6.08 Å². The molecule has 0 atom stereocenters. The van der Waals surface area contributed by atoms with Crippen LogP contribution in [-0.4, -0.2) is 6.61 Å². The second-order valence-electron chi connectivity index (χ2n) is 2.70. The van der Waals surface area contributed by atoms with Gasteiger partial charge in [0.1, 0.15) is 0 Å². The molecule has 0 saturated carbocycles. The van der Waals surface area contributed by atoms with Crippen LogP contribution in [-0.2, 0) is 4.74 Å². The van der Waals surface area contributed by atoms with Gasteiger partial charge in [0.05, 0.1) is 12.4 Å². The van der Waals surface area contributed by atoms with Crippen molar-refractivity contribution in [3.63, 3.8) is 0 Å². The van der Waals surface area contributed by atoms with Crippen LogP contribution in [0, 0.1) is 0 Å². The first-order valence-corrected chi connectivity index (χ1v) is 4.25. The summed E-state index contributed by atoms with van der Waals surface area (Å²) in [7, 11) is 0. The zero-order valence-electron chi connectivity index (χ0n) is 6.73. The topological polar surface area (TPSA) is 9.23 Å². The lowest BCUT2D eigenvalue weighted by atomic mass is 10.2. The highest BCUT2D eigenvalue weighted by Gasteiger charge is 2.01. The van der Waals surface area contributed by atoms with E-state index < -0.39 is 0 Å². The Balaban J connectivity index is 2.31. The van der Waals surface area contributed by atoms with Crippen molar-refractivity contribution in [2.75, 3.05) is 6.61 Å². The Labute approximate surface area is 63.1 Å². The van der Waals surface area contributed by atoms with Gasteiger partial charge < -0.3 is 4.74 Å². The average Bonchev–Trinajstić information content (AvgIpc) is 2.17. The van der Waals surface area contributed by atoms with Gasteiger partial charge in [-0.05, 0) is 32.3 Å². The quantitative estimate of drug-likeness (QED) is 0.573. The molecule has 0 spiro atoms. The number of hydrogen-bond acceptors (Lipinski definition) is 1. The molecule has 1 aliphatic rings. The third-order valence-electron chi connectivity index (χ3n) is 1.83. The van der Waals surface area contributed by atoms with Gasteiger partial charge in [-0.25, -0.2) is 0 Å². The van der Waals surface area contributed by atoms with Gasteiger partial charge in [-0.15, -0.1) is 0 Å². The Morgan fingerprint density at radius 3 is 3.10 bits per heavy atom. The molecule has 0 saturated heterocycles. The molecule has 0 unspecified atom stereocenters. The number of allylic oxidation sites excluding steroid dienone is 2. The van der Waals surface area contributed by atoms with Gasteiger partial charge in [0.2, 0.25) is 0 Å². The van der Waals surface area contributed by atoms with Crippen LogP contribution in [0.1, 0.15) is 39.0 Å². The molecule has 0 aromatic carbocycles. The molecule has 1 heteroatoms. The maximum absolute atomic E-state index is 5.42. The largest absolute Gasteiger partial charge is 0.499 e. The van der Waals surface area contributed by atoms with Crippen LogP contribution < -0.4 is 0 Å². The molecule has 10 heavy (non-hydrogen) atoms. The molecular weight excluding hydrogens is 124 g/mol.